The Bertz CT molecular complexity index is 413. The predicted molar refractivity (Wildman–Crippen MR) is 85.9 cm³/mol. The van der Waals surface area contributed by atoms with Crippen LogP contribution in [0.4, 0.5) is 0 Å². The largest absolute Gasteiger partial charge is 0.460 e. The fourth-order valence-electron chi connectivity index (χ4n) is 2.09. The van der Waals surface area contributed by atoms with Crippen molar-refractivity contribution in [3.63, 3.8) is 0 Å². The monoisotopic (exact) mass is 292 g/mol. The number of rotatable bonds is 8. The number of benzene rings is 1. The molecule has 118 valence electrons. The van der Waals surface area contributed by atoms with Gasteiger partial charge in [-0.1, -0.05) is 30.3 Å². The summed E-state index contributed by atoms with van der Waals surface area (Å²) in [5.41, 5.74) is 6.17. The van der Waals surface area contributed by atoms with Crippen molar-refractivity contribution in [2.24, 2.45) is 5.73 Å². The molecule has 0 aliphatic rings. The molecule has 0 unspecified atom stereocenters. The average molecular weight is 292 g/mol. The molecule has 0 aromatic heterocycles. The number of hydrogen-bond donors (Lipinski definition) is 2. The third kappa shape index (κ3) is 7.83. The van der Waals surface area contributed by atoms with Crippen molar-refractivity contribution in [1.82, 2.24) is 5.32 Å². The number of carbonyl (C=O) groups is 1. The Morgan fingerprint density at radius 2 is 1.90 bits per heavy atom. The van der Waals surface area contributed by atoms with Gasteiger partial charge < -0.3 is 15.8 Å². The Morgan fingerprint density at radius 3 is 2.48 bits per heavy atom. The fraction of sp³-hybridized carbons (Fsp3) is 0.588. The minimum Gasteiger partial charge on any atom is -0.460 e. The molecular weight excluding hydrogens is 264 g/mol. The van der Waals surface area contributed by atoms with Gasteiger partial charge in [0.2, 0.25) is 0 Å². The van der Waals surface area contributed by atoms with Gasteiger partial charge >= 0.3 is 5.97 Å². The Morgan fingerprint density at radius 1 is 1.24 bits per heavy atom. The first-order valence-corrected chi connectivity index (χ1v) is 7.62. The quantitative estimate of drug-likeness (QED) is 0.571. The number of carbonyl (C=O) groups excluding carboxylic acids is 1. The van der Waals surface area contributed by atoms with Gasteiger partial charge in [-0.2, -0.15) is 0 Å². The normalized spacial score (nSPS) is 13.0. The summed E-state index contributed by atoms with van der Waals surface area (Å²) in [4.78, 5) is 12.0. The summed E-state index contributed by atoms with van der Waals surface area (Å²) in [6.07, 6.45) is 2.33. The van der Waals surface area contributed by atoms with Crippen molar-refractivity contribution in [2.75, 3.05) is 13.1 Å². The number of unbranched alkanes of at least 4 members (excludes halogenated alkanes) is 1. The number of hydrogen-bond acceptors (Lipinski definition) is 4. The number of ether oxygens (including phenoxy) is 1. The van der Waals surface area contributed by atoms with Crippen LogP contribution in [-0.4, -0.2) is 24.7 Å². The van der Waals surface area contributed by atoms with Gasteiger partial charge in [-0.25, -0.2) is 0 Å². The van der Waals surface area contributed by atoms with E-state index in [1.165, 1.54) is 0 Å². The van der Waals surface area contributed by atoms with Crippen LogP contribution in [0.3, 0.4) is 0 Å². The lowest BCUT2D eigenvalue weighted by atomic mass is 10.0. The molecule has 1 aromatic rings. The minimum absolute atomic E-state index is 0.0150. The van der Waals surface area contributed by atoms with Gasteiger partial charge in [-0.15, -0.1) is 0 Å². The molecule has 0 heterocycles. The first kappa shape index (κ1) is 17.7. The first-order chi connectivity index (χ1) is 9.92. The van der Waals surface area contributed by atoms with Crippen LogP contribution in [0.2, 0.25) is 0 Å². The van der Waals surface area contributed by atoms with Crippen LogP contribution in [0, 0.1) is 0 Å². The fourth-order valence-corrected chi connectivity index (χ4v) is 2.09. The van der Waals surface area contributed by atoms with Gasteiger partial charge in [0, 0.05) is 6.04 Å². The van der Waals surface area contributed by atoms with Crippen LogP contribution >= 0.6 is 0 Å². The van der Waals surface area contributed by atoms with Gasteiger partial charge in [0.05, 0.1) is 6.42 Å². The smallest absolute Gasteiger partial charge is 0.308 e. The van der Waals surface area contributed by atoms with Gasteiger partial charge in [0.1, 0.15) is 5.60 Å². The van der Waals surface area contributed by atoms with E-state index in [9.17, 15) is 4.79 Å². The zero-order valence-electron chi connectivity index (χ0n) is 13.4. The van der Waals surface area contributed by atoms with Crippen LogP contribution in [0.1, 0.15) is 51.6 Å². The molecule has 0 aliphatic carbocycles. The van der Waals surface area contributed by atoms with Gasteiger partial charge in [0.15, 0.2) is 0 Å². The standard InChI is InChI=1S/C17H28N2O2/c1-17(2,3)21-16(20)13-15(19-12-8-7-11-18)14-9-5-4-6-10-14/h4-6,9-10,15,19H,7-8,11-13,18H2,1-3H3/t15-/m0/s1. The molecule has 1 aromatic carbocycles. The highest BCUT2D eigenvalue weighted by Crippen LogP contribution is 2.19. The summed E-state index contributed by atoms with van der Waals surface area (Å²) >= 11 is 0. The topological polar surface area (TPSA) is 64.3 Å². The Balaban J connectivity index is 2.62. The van der Waals surface area contributed by atoms with E-state index in [4.69, 9.17) is 10.5 Å². The molecule has 1 atom stereocenters. The maximum atomic E-state index is 12.0. The Hall–Kier alpha value is -1.39. The zero-order valence-corrected chi connectivity index (χ0v) is 13.4. The lowest BCUT2D eigenvalue weighted by Crippen LogP contribution is -2.29. The van der Waals surface area contributed by atoms with Crippen LogP contribution in [0.5, 0.6) is 0 Å². The molecule has 3 N–H and O–H groups in total. The van der Waals surface area contributed by atoms with E-state index in [0.29, 0.717) is 13.0 Å². The van der Waals surface area contributed by atoms with Crippen molar-refractivity contribution in [1.29, 1.82) is 0 Å². The van der Waals surface area contributed by atoms with Gasteiger partial charge in [-0.3, -0.25) is 4.79 Å². The highest BCUT2D eigenvalue weighted by molar-refractivity contribution is 5.71. The number of nitrogens with two attached hydrogens (primary N) is 1. The van der Waals surface area contributed by atoms with E-state index >= 15 is 0 Å². The maximum Gasteiger partial charge on any atom is 0.308 e. The number of nitrogens with one attached hydrogen (secondary N) is 1. The Kier molecular flexibility index (Phi) is 7.40. The molecule has 21 heavy (non-hydrogen) atoms. The third-order valence-corrected chi connectivity index (χ3v) is 3.01. The third-order valence-electron chi connectivity index (χ3n) is 3.01. The molecule has 1 rings (SSSR count). The summed E-state index contributed by atoms with van der Waals surface area (Å²) < 4.78 is 5.42. The SMILES string of the molecule is CC(C)(C)OC(=O)C[C@H](NCCCCN)c1ccccc1. The van der Waals surface area contributed by atoms with E-state index in [1.54, 1.807) is 0 Å². The zero-order chi connectivity index (χ0) is 15.7. The van der Waals surface area contributed by atoms with E-state index in [-0.39, 0.29) is 12.0 Å². The summed E-state index contributed by atoms with van der Waals surface area (Å²) in [6.45, 7) is 7.20. The molecule has 4 nitrogen and oxygen atoms in total. The second-order valence-corrected chi connectivity index (χ2v) is 6.20. The predicted octanol–water partition coefficient (Wildman–Crippen LogP) is 2.79. The number of esters is 1. The molecule has 0 aliphatic heterocycles. The first-order valence-electron chi connectivity index (χ1n) is 7.62. The van der Waals surface area contributed by atoms with Crippen LogP contribution < -0.4 is 11.1 Å². The van der Waals surface area contributed by atoms with E-state index in [0.717, 1.165) is 24.9 Å². The van der Waals surface area contributed by atoms with Crippen molar-refractivity contribution < 1.29 is 9.53 Å². The molecular formula is C17H28N2O2. The minimum atomic E-state index is -0.447. The van der Waals surface area contributed by atoms with Crippen LogP contribution in [0.25, 0.3) is 0 Å². The van der Waals surface area contributed by atoms with Crippen LogP contribution in [-0.2, 0) is 9.53 Å². The maximum absolute atomic E-state index is 12.0. The summed E-state index contributed by atoms with van der Waals surface area (Å²) in [5.74, 6) is -0.178. The van der Waals surface area contributed by atoms with E-state index in [1.807, 2.05) is 51.1 Å². The Labute approximate surface area is 128 Å². The summed E-state index contributed by atoms with van der Waals surface area (Å²) in [6, 6.07) is 10.00. The molecule has 0 radical (unpaired) electrons. The lowest BCUT2D eigenvalue weighted by molar-refractivity contribution is -0.155. The molecule has 0 saturated heterocycles. The summed E-state index contributed by atoms with van der Waals surface area (Å²) in [7, 11) is 0. The van der Waals surface area contributed by atoms with Gasteiger partial charge in [0.25, 0.3) is 0 Å². The second kappa shape index (κ2) is 8.80. The van der Waals surface area contributed by atoms with Crippen molar-refractivity contribution in [2.45, 2.75) is 51.7 Å². The molecule has 0 bridgehead atoms. The second-order valence-electron chi connectivity index (χ2n) is 6.20. The van der Waals surface area contributed by atoms with E-state index in [2.05, 4.69) is 5.32 Å². The molecule has 0 saturated carbocycles. The highest BCUT2D eigenvalue weighted by Gasteiger charge is 2.21. The van der Waals surface area contributed by atoms with Gasteiger partial charge in [-0.05, 0) is 52.3 Å². The molecule has 0 amide bonds. The van der Waals surface area contributed by atoms with Crippen LogP contribution in [0.15, 0.2) is 30.3 Å². The molecule has 0 fully saturated rings. The lowest BCUT2D eigenvalue weighted by Gasteiger charge is -2.23. The molecule has 4 heteroatoms. The van der Waals surface area contributed by atoms with Crippen molar-refractivity contribution in [3.05, 3.63) is 35.9 Å². The van der Waals surface area contributed by atoms with Crippen molar-refractivity contribution in [3.8, 4) is 0 Å². The van der Waals surface area contributed by atoms with E-state index < -0.39 is 5.60 Å². The van der Waals surface area contributed by atoms with Crippen molar-refractivity contribution >= 4 is 5.97 Å². The average Bonchev–Trinajstić information content (AvgIpc) is 2.41. The highest BCUT2D eigenvalue weighted by atomic mass is 16.6. The molecule has 0 spiro atoms. The summed E-state index contributed by atoms with van der Waals surface area (Å²) in [5, 5.41) is 3.43.